The zero-order valence-corrected chi connectivity index (χ0v) is 10.4. The molecular weight excluding hydrogens is 212 g/mol. The fourth-order valence-electron chi connectivity index (χ4n) is 1.71. The Kier molecular flexibility index (Phi) is 3.14. The van der Waals surface area contributed by atoms with E-state index in [1.807, 2.05) is 45.0 Å². The Balaban J connectivity index is 2.33. The maximum Gasteiger partial charge on any atom is 0.228 e. The summed E-state index contributed by atoms with van der Waals surface area (Å²) in [5.41, 5.74) is 3.00. The summed E-state index contributed by atoms with van der Waals surface area (Å²) in [5, 5.41) is 0. The van der Waals surface area contributed by atoms with E-state index in [0.717, 1.165) is 17.7 Å². The van der Waals surface area contributed by atoms with Crippen LogP contribution in [0.4, 0.5) is 0 Å². The third kappa shape index (κ3) is 2.31. The highest BCUT2D eigenvalue weighted by molar-refractivity contribution is 6.07. The topological polar surface area (TPSA) is 30.2 Å². The van der Waals surface area contributed by atoms with Crippen molar-refractivity contribution in [1.29, 1.82) is 0 Å². The van der Waals surface area contributed by atoms with Crippen LogP contribution in [0.15, 0.2) is 34.7 Å². The molecule has 0 saturated carbocycles. The SMILES string of the molecule is CCc1ccc(C(=O)c2ccc(C)c(C)c2)o1. The molecule has 0 radical (unpaired) electrons. The van der Waals surface area contributed by atoms with Gasteiger partial charge in [-0.15, -0.1) is 0 Å². The lowest BCUT2D eigenvalue weighted by atomic mass is 10.0. The van der Waals surface area contributed by atoms with Gasteiger partial charge in [0.05, 0.1) is 0 Å². The van der Waals surface area contributed by atoms with E-state index in [4.69, 9.17) is 4.42 Å². The van der Waals surface area contributed by atoms with Crippen LogP contribution in [0.1, 0.15) is 39.9 Å². The third-order valence-corrected chi connectivity index (χ3v) is 3.00. The number of hydrogen-bond donors (Lipinski definition) is 0. The van der Waals surface area contributed by atoms with E-state index in [1.165, 1.54) is 5.56 Å². The molecule has 0 N–H and O–H groups in total. The van der Waals surface area contributed by atoms with Crippen molar-refractivity contribution in [1.82, 2.24) is 0 Å². The van der Waals surface area contributed by atoms with Crippen LogP contribution in [0, 0.1) is 13.8 Å². The zero-order valence-electron chi connectivity index (χ0n) is 10.4. The predicted molar refractivity (Wildman–Crippen MR) is 67.4 cm³/mol. The molecule has 0 aliphatic heterocycles. The molecule has 0 unspecified atom stereocenters. The molecule has 0 amide bonds. The van der Waals surface area contributed by atoms with Gasteiger partial charge in [0.2, 0.25) is 5.78 Å². The second-order valence-electron chi connectivity index (χ2n) is 4.25. The van der Waals surface area contributed by atoms with Crippen molar-refractivity contribution in [3.63, 3.8) is 0 Å². The average molecular weight is 228 g/mol. The van der Waals surface area contributed by atoms with Crippen molar-refractivity contribution in [2.75, 3.05) is 0 Å². The number of ketones is 1. The van der Waals surface area contributed by atoms with Crippen molar-refractivity contribution < 1.29 is 9.21 Å². The van der Waals surface area contributed by atoms with Crippen LogP contribution in [0.2, 0.25) is 0 Å². The molecule has 0 spiro atoms. The van der Waals surface area contributed by atoms with Gasteiger partial charge in [-0.25, -0.2) is 0 Å². The van der Waals surface area contributed by atoms with E-state index >= 15 is 0 Å². The van der Waals surface area contributed by atoms with Crippen molar-refractivity contribution in [3.05, 3.63) is 58.5 Å². The van der Waals surface area contributed by atoms with Crippen molar-refractivity contribution in [2.24, 2.45) is 0 Å². The van der Waals surface area contributed by atoms with Crippen LogP contribution in [0.25, 0.3) is 0 Å². The molecule has 0 aliphatic rings. The van der Waals surface area contributed by atoms with Gasteiger partial charge in [0.15, 0.2) is 5.76 Å². The first-order valence-electron chi connectivity index (χ1n) is 5.82. The van der Waals surface area contributed by atoms with Crippen molar-refractivity contribution >= 4 is 5.78 Å². The summed E-state index contributed by atoms with van der Waals surface area (Å²) in [4.78, 5) is 12.1. The van der Waals surface area contributed by atoms with Crippen LogP contribution in [0.3, 0.4) is 0 Å². The maximum atomic E-state index is 12.1. The Morgan fingerprint density at radius 3 is 2.47 bits per heavy atom. The van der Waals surface area contributed by atoms with Crippen molar-refractivity contribution in [3.8, 4) is 0 Å². The average Bonchev–Trinajstić information content (AvgIpc) is 2.80. The molecule has 1 aromatic carbocycles. The van der Waals surface area contributed by atoms with E-state index in [1.54, 1.807) is 6.07 Å². The number of carbonyl (C=O) groups excluding carboxylic acids is 1. The standard InChI is InChI=1S/C15H16O2/c1-4-13-7-8-14(17-13)15(16)12-6-5-10(2)11(3)9-12/h5-9H,4H2,1-3H3. The fourth-order valence-corrected chi connectivity index (χ4v) is 1.71. The highest BCUT2D eigenvalue weighted by Gasteiger charge is 2.13. The molecular formula is C15H16O2. The summed E-state index contributed by atoms with van der Waals surface area (Å²) < 4.78 is 5.47. The monoisotopic (exact) mass is 228 g/mol. The summed E-state index contributed by atoms with van der Waals surface area (Å²) in [6, 6.07) is 9.32. The number of aryl methyl sites for hydroxylation is 3. The first-order valence-corrected chi connectivity index (χ1v) is 5.82. The first-order chi connectivity index (χ1) is 8.11. The molecule has 0 aliphatic carbocycles. The van der Waals surface area contributed by atoms with Crippen LogP contribution in [-0.4, -0.2) is 5.78 Å². The number of hydrogen-bond acceptors (Lipinski definition) is 2. The summed E-state index contributed by atoms with van der Waals surface area (Å²) in [6.07, 6.45) is 0.806. The van der Waals surface area contributed by atoms with E-state index in [2.05, 4.69) is 0 Å². The van der Waals surface area contributed by atoms with Gasteiger partial charge in [-0.1, -0.05) is 19.1 Å². The van der Waals surface area contributed by atoms with Gasteiger partial charge in [-0.2, -0.15) is 0 Å². The quantitative estimate of drug-likeness (QED) is 0.750. The van der Waals surface area contributed by atoms with Gasteiger partial charge < -0.3 is 4.42 Å². The molecule has 0 bridgehead atoms. The molecule has 0 fully saturated rings. The molecule has 0 atom stereocenters. The van der Waals surface area contributed by atoms with E-state index in [9.17, 15) is 4.79 Å². The van der Waals surface area contributed by atoms with Gasteiger partial charge in [0.25, 0.3) is 0 Å². The summed E-state index contributed by atoms with van der Waals surface area (Å²) in [5.74, 6) is 1.22. The van der Waals surface area contributed by atoms with Crippen LogP contribution in [0.5, 0.6) is 0 Å². The molecule has 2 aromatic rings. The molecule has 88 valence electrons. The Bertz CT molecular complexity index is 550. The second-order valence-corrected chi connectivity index (χ2v) is 4.25. The first kappa shape index (κ1) is 11.6. The normalized spacial score (nSPS) is 10.5. The lowest BCUT2D eigenvalue weighted by Crippen LogP contribution is -2.00. The van der Waals surface area contributed by atoms with Gasteiger partial charge in [0.1, 0.15) is 5.76 Å². The zero-order chi connectivity index (χ0) is 12.4. The third-order valence-electron chi connectivity index (χ3n) is 3.00. The number of rotatable bonds is 3. The van der Waals surface area contributed by atoms with Crippen LogP contribution < -0.4 is 0 Å². The van der Waals surface area contributed by atoms with E-state index in [-0.39, 0.29) is 5.78 Å². The highest BCUT2D eigenvalue weighted by Crippen LogP contribution is 2.16. The van der Waals surface area contributed by atoms with Gasteiger partial charge in [0, 0.05) is 12.0 Å². The Labute approximate surface area is 101 Å². The Morgan fingerprint density at radius 1 is 1.12 bits per heavy atom. The smallest absolute Gasteiger partial charge is 0.228 e. The number of benzene rings is 1. The van der Waals surface area contributed by atoms with E-state index < -0.39 is 0 Å². The largest absolute Gasteiger partial charge is 0.458 e. The molecule has 1 heterocycles. The predicted octanol–water partition coefficient (Wildman–Crippen LogP) is 3.69. The number of furan rings is 1. The molecule has 17 heavy (non-hydrogen) atoms. The maximum absolute atomic E-state index is 12.1. The summed E-state index contributed by atoms with van der Waals surface area (Å²) >= 11 is 0. The lowest BCUT2D eigenvalue weighted by Gasteiger charge is -2.02. The van der Waals surface area contributed by atoms with Crippen LogP contribution >= 0.6 is 0 Å². The summed E-state index contributed by atoms with van der Waals surface area (Å²) in [6.45, 7) is 6.04. The lowest BCUT2D eigenvalue weighted by molar-refractivity contribution is 0.101. The van der Waals surface area contributed by atoms with Gasteiger partial charge in [-0.05, 0) is 43.2 Å². The van der Waals surface area contributed by atoms with Crippen molar-refractivity contribution in [2.45, 2.75) is 27.2 Å². The van der Waals surface area contributed by atoms with E-state index in [0.29, 0.717) is 11.3 Å². The molecule has 2 rings (SSSR count). The Hall–Kier alpha value is -1.83. The second kappa shape index (κ2) is 4.58. The highest BCUT2D eigenvalue weighted by atomic mass is 16.3. The minimum atomic E-state index is -0.0483. The van der Waals surface area contributed by atoms with Gasteiger partial charge in [-0.3, -0.25) is 4.79 Å². The van der Waals surface area contributed by atoms with Gasteiger partial charge >= 0.3 is 0 Å². The molecule has 0 saturated heterocycles. The van der Waals surface area contributed by atoms with Crippen LogP contribution in [-0.2, 0) is 6.42 Å². The number of carbonyl (C=O) groups is 1. The molecule has 1 aromatic heterocycles. The molecule has 2 heteroatoms. The summed E-state index contributed by atoms with van der Waals surface area (Å²) in [7, 11) is 0. The minimum Gasteiger partial charge on any atom is -0.458 e. The minimum absolute atomic E-state index is 0.0483. The molecule has 2 nitrogen and oxygen atoms in total. The fraction of sp³-hybridized carbons (Fsp3) is 0.267. The Morgan fingerprint density at radius 2 is 1.88 bits per heavy atom.